The number of carbonyl (C=O) groups is 1. The molecular weight excluding hydrogens is 502 g/mol. The van der Waals surface area contributed by atoms with Crippen molar-refractivity contribution < 1.29 is 27.4 Å². The summed E-state index contributed by atoms with van der Waals surface area (Å²) in [6.45, 7) is 0.719. The van der Waals surface area contributed by atoms with Gasteiger partial charge in [-0.15, -0.1) is 6.42 Å². The molecular formula is C25H27N3O6S2. The first-order valence-corrected chi connectivity index (χ1v) is 13.5. The van der Waals surface area contributed by atoms with Gasteiger partial charge in [-0.1, -0.05) is 17.3 Å². The molecule has 0 radical (unpaired) electrons. The molecule has 11 heteroatoms. The highest BCUT2D eigenvalue weighted by atomic mass is 32.2. The molecule has 4 rings (SSSR count). The molecule has 2 aromatic carbocycles. The number of benzene rings is 2. The maximum Gasteiger partial charge on any atom is 0.251 e. The summed E-state index contributed by atoms with van der Waals surface area (Å²) in [4.78, 5) is 18.2. The van der Waals surface area contributed by atoms with Gasteiger partial charge in [0.05, 0.1) is 43.0 Å². The van der Waals surface area contributed by atoms with Crippen molar-refractivity contribution in [1.82, 2.24) is 8.87 Å². The molecule has 1 fully saturated rings. The number of fused-ring (bicyclic) bond motifs is 1. The lowest BCUT2D eigenvalue weighted by atomic mass is 9.98. The number of nitrogens with zero attached hydrogens (tertiary/aromatic N) is 3. The highest BCUT2D eigenvalue weighted by Gasteiger charge is 2.32. The fourth-order valence-corrected chi connectivity index (χ4v) is 6.67. The second kappa shape index (κ2) is 10.7. The molecule has 0 bridgehead atoms. The van der Waals surface area contributed by atoms with Crippen LogP contribution in [0.5, 0.6) is 17.2 Å². The van der Waals surface area contributed by atoms with E-state index in [1.807, 2.05) is 12.1 Å². The average Bonchev–Trinajstić information content (AvgIpc) is 3.23. The van der Waals surface area contributed by atoms with E-state index in [2.05, 4.69) is 10.9 Å². The Kier molecular flexibility index (Phi) is 7.68. The SMILES string of the molecule is C#CCn1c(=NC(=O)C2CCN(S(=O)(=O)c3ccc(OC)cc3)CC2)sc2cc(OC)c(OC)cc21. The number of terminal acetylenes is 1. The number of aromatic nitrogens is 1. The standard InChI is InChI=1S/C25H27N3O6S2/c1-5-12-28-20-15-21(33-3)22(34-4)16-23(20)35-25(28)26-24(29)17-10-13-27(14-11-17)36(30,31)19-8-6-18(32-2)7-9-19/h1,6-9,15-17H,10-14H2,2-4H3. The number of carbonyl (C=O) groups excluding carboxylic acids is 1. The molecule has 190 valence electrons. The van der Waals surface area contributed by atoms with Crippen molar-refractivity contribution in [3.63, 3.8) is 0 Å². The molecule has 1 amide bonds. The van der Waals surface area contributed by atoms with Crippen LogP contribution in [0.1, 0.15) is 12.8 Å². The number of ether oxygens (including phenoxy) is 3. The Morgan fingerprint density at radius 1 is 1.08 bits per heavy atom. The van der Waals surface area contributed by atoms with E-state index >= 15 is 0 Å². The van der Waals surface area contributed by atoms with E-state index in [1.165, 1.54) is 34.9 Å². The fourth-order valence-electron chi connectivity index (χ4n) is 4.15. The van der Waals surface area contributed by atoms with E-state index in [9.17, 15) is 13.2 Å². The lowest BCUT2D eigenvalue weighted by Gasteiger charge is -2.29. The van der Waals surface area contributed by atoms with Crippen LogP contribution < -0.4 is 19.0 Å². The predicted molar refractivity (Wildman–Crippen MR) is 137 cm³/mol. The van der Waals surface area contributed by atoms with Gasteiger partial charge in [0.2, 0.25) is 10.0 Å². The molecule has 0 spiro atoms. The van der Waals surface area contributed by atoms with E-state index in [-0.39, 0.29) is 36.4 Å². The lowest BCUT2D eigenvalue weighted by molar-refractivity contribution is -0.122. The van der Waals surface area contributed by atoms with Crippen LogP contribution >= 0.6 is 11.3 Å². The molecule has 0 saturated carbocycles. The van der Waals surface area contributed by atoms with Gasteiger partial charge >= 0.3 is 0 Å². The van der Waals surface area contributed by atoms with Gasteiger partial charge in [-0.2, -0.15) is 9.30 Å². The zero-order valence-corrected chi connectivity index (χ0v) is 21.9. The summed E-state index contributed by atoms with van der Waals surface area (Å²) in [6.07, 6.45) is 6.36. The molecule has 0 atom stereocenters. The molecule has 1 saturated heterocycles. The van der Waals surface area contributed by atoms with Crippen LogP contribution in [0.2, 0.25) is 0 Å². The molecule has 1 aromatic heterocycles. The summed E-state index contributed by atoms with van der Waals surface area (Å²) in [5.74, 6) is 3.66. The van der Waals surface area contributed by atoms with E-state index in [0.29, 0.717) is 34.9 Å². The van der Waals surface area contributed by atoms with E-state index < -0.39 is 10.0 Å². The van der Waals surface area contributed by atoms with Gasteiger partial charge < -0.3 is 18.8 Å². The van der Waals surface area contributed by atoms with E-state index in [0.717, 1.165) is 10.2 Å². The highest BCUT2D eigenvalue weighted by molar-refractivity contribution is 7.89. The average molecular weight is 530 g/mol. The number of hydrogen-bond acceptors (Lipinski definition) is 7. The topological polar surface area (TPSA) is 99.4 Å². The number of piperidine rings is 1. The minimum Gasteiger partial charge on any atom is -0.497 e. The number of hydrogen-bond donors (Lipinski definition) is 0. The highest BCUT2D eigenvalue weighted by Crippen LogP contribution is 2.33. The van der Waals surface area contributed by atoms with Crippen molar-refractivity contribution in [1.29, 1.82) is 0 Å². The summed E-state index contributed by atoms with van der Waals surface area (Å²) >= 11 is 1.34. The quantitative estimate of drug-likeness (QED) is 0.437. The zero-order chi connectivity index (χ0) is 25.9. The summed E-state index contributed by atoms with van der Waals surface area (Å²) in [5.41, 5.74) is 0.794. The number of methoxy groups -OCH3 is 3. The minimum absolute atomic E-state index is 0.198. The van der Waals surface area contributed by atoms with Gasteiger partial charge in [-0.05, 0) is 37.1 Å². The Labute approximate surface area is 214 Å². The van der Waals surface area contributed by atoms with Crippen LogP contribution in [0, 0.1) is 18.3 Å². The predicted octanol–water partition coefficient (Wildman–Crippen LogP) is 2.89. The molecule has 0 aliphatic carbocycles. The number of rotatable bonds is 7. The first kappa shape index (κ1) is 25.8. The third kappa shape index (κ3) is 4.97. The van der Waals surface area contributed by atoms with E-state index in [1.54, 1.807) is 30.9 Å². The number of sulfonamides is 1. The van der Waals surface area contributed by atoms with Gasteiger partial charge in [0.1, 0.15) is 5.75 Å². The van der Waals surface area contributed by atoms with Crippen LogP contribution in [0.15, 0.2) is 46.3 Å². The minimum atomic E-state index is -3.65. The smallest absolute Gasteiger partial charge is 0.251 e. The molecule has 2 heterocycles. The second-order valence-electron chi connectivity index (χ2n) is 8.15. The molecule has 0 N–H and O–H groups in total. The molecule has 9 nitrogen and oxygen atoms in total. The molecule has 36 heavy (non-hydrogen) atoms. The zero-order valence-electron chi connectivity index (χ0n) is 20.3. The molecule has 1 aliphatic rings. The monoisotopic (exact) mass is 529 g/mol. The van der Waals surface area contributed by atoms with Crippen molar-refractivity contribution in [3.8, 4) is 29.6 Å². The molecule has 0 unspecified atom stereocenters. The fraction of sp³-hybridized carbons (Fsp3) is 0.360. The summed E-state index contributed by atoms with van der Waals surface area (Å²) < 4.78 is 46.0. The van der Waals surface area contributed by atoms with Crippen molar-refractivity contribution in [2.75, 3.05) is 34.4 Å². The van der Waals surface area contributed by atoms with Gasteiger partial charge in [0, 0.05) is 31.1 Å². The van der Waals surface area contributed by atoms with Crippen molar-refractivity contribution in [3.05, 3.63) is 41.2 Å². The number of amides is 1. The van der Waals surface area contributed by atoms with Crippen LogP contribution in [0.25, 0.3) is 10.2 Å². The molecule has 3 aromatic rings. The molecule has 1 aliphatic heterocycles. The van der Waals surface area contributed by atoms with Gasteiger partial charge in [-0.3, -0.25) is 4.79 Å². The van der Waals surface area contributed by atoms with Gasteiger partial charge in [-0.25, -0.2) is 8.42 Å². The maximum absolute atomic E-state index is 13.1. The van der Waals surface area contributed by atoms with E-state index in [4.69, 9.17) is 20.6 Å². The summed E-state index contributed by atoms with van der Waals surface area (Å²) in [7, 11) is 0.984. The van der Waals surface area contributed by atoms with Crippen LogP contribution in [0.4, 0.5) is 0 Å². The van der Waals surface area contributed by atoms with Crippen molar-refractivity contribution >= 4 is 37.5 Å². The Balaban J connectivity index is 1.55. The Morgan fingerprint density at radius 3 is 2.31 bits per heavy atom. The number of thiazole rings is 1. The first-order chi connectivity index (χ1) is 17.3. The Hall–Kier alpha value is -3.33. The van der Waals surface area contributed by atoms with Gasteiger partial charge in [0.25, 0.3) is 5.91 Å². The van der Waals surface area contributed by atoms with Crippen LogP contribution in [-0.4, -0.2) is 57.6 Å². The van der Waals surface area contributed by atoms with Crippen LogP contribution in [0.3, 0.4) is 0 Å². The maximum atomic E-state index is 13.1. The van der Waals surface area contributed by atoms with Crippen LogP contribution in [-0.2, 0) is 21.4 Å². The summed E-state index contributed by atoms with van der Waals surface area (Å²) in [5, 5.41) is 0. The third-order valence-corrected chi connectivity index (χ3v) is 9.10. The largest absolute Gasteiger partial charge is 0.497 e. The Morgan fingerprint density at radius 2 is 1.72 bits per heavy atom. The van der Waals surface area contributed by atoms with Gasteiger partial charge in [0.15, 0.2) is 16.3 Å². The first-order valence-electron chi connectivity index (χ1n) is 11.2. The van der Waals surface area contributed by atoms with Crippen molar-refractivity contribution in [2.24, 2.45) is 10.9 Å². The Bertz CT molecular complexity index is 1470. The lowest BCUT2D eigenvalue weighted by Crippen LogP contribution is -2.40. The van der Waals surface area contributed by atoms with Crippen molar-refractivity contribution in [2.45, 2.75) is 24.3 Å². The summed E-state index contributed by atoms with van der Waals surface area (Å²) in [6, 6.07) is 9.92. The third-order valence-electron chi connectivity index (χ3n) is 6.14. The second-order valence-corrected chi connectivity index (χ2v) is 11.1. The normalized spacial score (nSPS) is 15.6.